The number of oxazole rings is 1. The summed E-state index contributed by atoms with van der Waals surface area (Å²) >= 11 is 0. The molecular weight excluding hydrogens is 212 g/mol. The van der Waals surface area contributed by atoms with E-state index in [1.54, 1.807) is 7.11 Å². The van der Waals surface area contributed by atoms with Crippen molar-refractivity contribution < 1.29 is 19.1 Å². The highest BCUT2D eigenvalue weighted by Gasteiger charge is 2.19. The number of carbonyl (C=O) groups is 1. The molecule has 6 heteroatoms. The molecule has 90 valence electrons. The topological polar surface area (TPSA) is 75.8 Å². The first-order valence-corrected chi connectivity index (χ1v) is 5.04. The average molecular weight is 228 g/mol. The number of ether oxygens (including phenoxy) is 1. The highest BCUT2D eigenvalue weighted by molar-refractivity contribution is 5.85. The predicted octanol–water partition coefficient (Wildman–Crippen LogP) is 1.23. The van der Waals surface area contributed by atoms with Gasteiger partial charge in [-0.2, -0.15) is 4.98 Å². The van der Waals surface area contributed by atoms with Crippen LogP contribution in [0.1, 0.15) is 24.3 Å². The van der Waals surface area contributed by atoms with Crippen molar-refractivity contribution in [1.29, 1.82) is 0 Å². The van der Waals surface area contributed by atoms with Crippen LogP contribution in [0.2, 0.25) is 0 Å². The molecule has 1 atom stereocenters. The Morgan fingerprint density at radius 3 is 2.88 bits per heavy atom. The van der Waals surface area contributed by atoms with E-state index in [9.17, 15) is 4.79 Å². The molecular formula is C10H16N2O4. The Bertz CT molecular complexity index is 350. The highest BCUT2D eigenvalue weighted by Crippen LogP contribution is 2.16. The van der Waals surface area contributed by atoms with E-state index in [0.29, 0.717) is 19.2 Å². The molecule has 1 aromatic heterocycles. The van der Waals surface area contributed by atoms with E-state index in [0.717, 1.165) is 6.26 Å². The Kier molecular flexibility index (Phi) is 4.30. The lowest BCUT2D eigenvalue weighted by Gasteiger charge is -2.25. The second-order valence-electron chi connectivity index (χ2n) is 3.41. The molecule has 1 unspecified atom stereocenters. The van der Waals surface area contributed by atoms with Gasteiger partial charge in [0.2, 0.25) is 0 Å². The summed E-state index contributed by atoms with van der Waals surface area (Å²) in [4.78, 5) is 16.4. The van der Waals surface area contributed by atoms with Gasteiger partial charge in [0.1, 0.15) is 6.26 Å². The summed E-state index contributed by atoms with van der Waals surface area (Å²) in [7, 11) is 1.61. The Hall–Kier alpha value is -1.56. The zero-order chi connectivity index (χ0) is 12.1. The largest absolute Gasteiger partial charge is 0.476 e. The number of hydrogen-bond donors (Lipinski definition) is 1. The van der Waals surface area contributed by atoms with Gasteiger partial charge in [-0.3, -0.25) is 0 Å². The van der Waals surface area contributed by atoms with Gasteiger partial charge >= 0.3 is 5.97 Å². The Labute approximate surface area is 93.8 Å². The fourth-order valence-corrected chi connectivity index (χ4v) is 1.46. The molecule has 0 fully saturated rings. The van der Waals surface area contributed by atoms with E-state index in [4.69, 9.17) is 14.3 Å². The Morgan fingerprint density at radius 1 is 1.75 bits per heavy atom. The van der Waals surface area contributed by atoms with Crippen LogP contribution in [-0.4, -0.2) is 42.4 Å². The van der Waals surface area contributed by atoms with Crippen molar-refractivity contribution >= 4 is 12.0 Å². The lowest BCUT2D eigenvalue weighted by Crippen LogP contribution is -2.36. The van der Waals surface area contributed by atoms with Crippen LogP contribution in [0.5, 0.6) is 0 Å². The van der Waals surface area contributed by atoms with Crippen molar-refractivity contribution in [1.82, 2.24) is 4.98 Å². The Morgan fingerprint density at radius 2 is 2.44 bits per heavy atom. The number of aromatic carboxylic acids is 1. The number of nitrogens with zero attached hydrogens (tertiary/aromatic N) is 2. The van der Waals surface area contributed by atoms with Crippen molar-refractivity contribution in [3.8, 4) is 0 Å². The smallest absolute Gasteiger partial charge is 0.357 e. The molecule has 0 radical (unpaired) electrons. The second-order valence-corrected chi connectivity index (χ2v) is 3.41. The maximum atomic E-state index is 10.7. The van der Waals surface area contributed by atoms with Crippen LogP contribution in [0, 0.1) is 0 Å². The molecule has 6 nitrogen and oxygen atoms in total. The van der Waals surface area contributed by atoms with Gasteiger partial charge in [-0.1, -0.05) is 0 Å². The minimum absolute atomic E-state index is 0.0790. The molecule has 0 aromatic carbocycles. The first kappa shape index (κ1) is 12.5. The first-order valence-electron chi connectivity index (χ1n) is 5.04. The molecule has 1 heterocycles. The summed E-state index contributed by atoms with van der Waals surface area (Å²) in [6.07, 6.45) is 1.14. The zero-order valence-corrected chi connectivity index (χ0v) is 9.64. The first-order chi connectivity index (χ1) is 7.60. The summed E-state index contributed by atoms with van der Waals surface area (Å²) in [5, 5.41) is 8.73. The van der Waals surface area contributed by atoms with Crippen LogP contribution >= 0.6 is 0 Å². The molecule has 0 aliphatic carbocycles. The predicted molar refractivity (Wildman–Crippen MR) is 57.8 cm³/mol. The summed E-state index contributed by atoms with van der Waals surface area (Å²) in [5.41, 5.74) is -0.0851. The van der Waals surface area contributed by atoms with Gasteiger partial charge < -0.3 is 19.2 Å². The fraction of sp³-hybridized carbons (Fsp3) is 0.600. The third-order valence-corrected chi connectivity index (χ3v) is 2.24. The maximum absolute atomic E-state index is 10.7. The van der Waals surface area contributed by atoms with Crippen molar-refractivity contribution in [3.63, 3.8) is 0 Å². The molecule has 16 heavy (non-hydrogen) atoms. The number of carboxylic acid groups (broad SMARTS) is 1. The minimum Gasteiger partial charge on any atom is -0.476 e. The summed E-state index contributed by atoms with van der Waals surface area (Å²) in [5.74, 6) is -1.09. The van der Waals surface area contributed by atoms with Crippen LogP contribution in [0.25, 0.3) is 0 Å². The van der Waals surface area contributed by atoms with Crippen LogP contribution < -0.4 is 4.90 Å². The van der Waals surface area contributed by atoms with Crippen molar-refractivity contribution in [3.05, 3.63) is 12.0 Å². The molecule has 0 aliphatic heterocycles. The SMILES string of the molecule is CCN(c1nc(C(=O)O)co1)C(C)COC. The number of methoxy groups -OCH3 is 1. The highest BCUT2D eigenvalue weighted by atomic mass is 16.5. The third kappa shape index (κ3) is 2.73. The van der Waals surface area contributed by atoms with Crippen LogP contribution in [0.3, 0.4) is 0 Å². The third-order valence-electron chi connectivity index (χ3n) is 2.24. The van der Waals surface area contributed by atoms with Gasteiger partial charge in [0, 0.05) is 13.7 Å². The number of anilines is 1. The van der Waals surface area contributed by atoms with Gasteiger partial charge in [-0.05, 0) is 13.8 Å². The van der Waals surface area contributed by atoms with E-state index < -0.39 is 5.97 Å². The second kappa shape index (κ2) is 5.50. The minimum atomic E-state index is -1.09. The molecule has 0 aliphatic rings. The van der Waals surface area contributed by atoms with Crippen molar-refractivity contribution in [2.75, 3.05) is 25.2 Å². The summed E-state index contributed by atoms with van der Waals surface area (Å²) < 4.78 is 10.2. The van der Waals surface area contributed by atoms with Gasteiger partial charge in [0.15, 0.2) is 5.69 Å². The lowest BCUT2D eigenvalue weighted by molar-refractivity contribution is 0.0690. The molecule has 0 amide bonds. The molecule has 1 aromatic rings. The van der Waals surface area contributed by atoms with Crippen LogP contribution in [-0.2, 0) is 4.74 Å². The van der Waals surface area contributed by atoms with Gasteiger partial charge in [0.05, 0.1) is 12.6 Å². The quantitative estimate of drug-likeness (QED) is 0.789. The number of aromatic nitrogens is 1. The zero-order valence-electron chi connectivity index (χ0n) is 9.64. The van der Waals surface area contributed by atoms with Crippen molar-refractivity contribution in [2.45, 2.75) is 19.9 Å². The number of likely N-dealkylation sites (N-methyl/N-ethyl adjacent to an activating group) is 1. The average Bonchev–Trinajstić information content (AvgIpc) is 2.68. The Balaban J connectivity index is 2.82. The summed E-state index contributed by atoms with van der Waals surface area (Å²) in [6.45, 7) is 5.09. The van der Waals surface area contributed by atoms with Gasteiger partial charge in [0.25, 0.3) is 6.01 Å². The molecule has 1 N–H and O–H groups in total. The molecule has 0 saturated heterocycles. The van der Waals surface area contributed by atoms with E-state index in [-0.39, 0.29) is 11.7 Å². The number of rotatable bonds is 6. The maximum Gasteiger partial charge on any atom is 0.357 e. The van der Waals surface area contributed by atoms with Gasteiger partial charge in [-0.25, -0.2) is 4.79 Å². The number of hydrogen-bond acceptors (Lipinski definition) is 5. The number of carboxylic acids is 1. The lowest BCUT2D eigenvalue weighted by atomic mass is 10.3. The fourth-order valence-electron chi connectivity index (χ4n) is 1.46. The monoisotopic (exact) mass is 228 g/mol. The van der Waals surface area contributed by atoms with Crippen molar-refractivity contribution in [2.24, 2.45) is 0 Å². The molecule has 0 saturated carbocycles. The van der Waals surface area contributed by atoms with E-state index in [2.05, 4.69) is 4.98 Å². The molecule has 0 bridgehead atoms. The molecule has 0 spiro atoms. The standard InChI is InChI=1S/C10H16N2O4/c1-4-12(7(2)5-15-3)10-11-8(6-16-10)9(13)14/h6-7H,4-5H2,1-3H3,(H,13,14). The van der Waals surface area contributed by atoms with Crippen LogP contribution in [0.15, 0.2) is 10.7 Å². The van der Waals surface area contributed by atoms with E-state index >= 15 is 0 Å². The normalized spacial score (nSPS) is 12.4. The summed E-state index contributed by atoms with van der Waals surface area (Å²) in [6, 6.07) is 0.389. The van der Waals surface area contributed by atoms with Crippen LogP contribution in [0.4, 0.5) is 6.01 Å². The van der Waals surface area contributed by atoms with E-state index in [1.165, 1.54) is 0 Å². The molecule has 1 rings (SSSR count). The van der Waals surface area contributed by atoms with E-state index in [1.807, 2.05) is 18.7 Å². The van der Waals surface area contributed by atoms with Gasteiger partial charge in [-0.15, -0.1) is 0 Å².